The van der Waals surface area contributed by atoms with Gasteiger partial charge in [-0.25, -0.2) is 0 Å². The molecule has 9 heteroatoms. The molecule has 0 fully saturated rings. The van der Waals surface area contributed by atoms with Crippen molar-refractivity contribution < 1.29 is 40.7 Å². The summed E-state index contributed by atoms with van der Waals surface area (Å²) in [5.74, 6) is 0. The molecular weight excluding hydrogens is 1510 g/mol. The highest BCUT2D eigenvalue weighted by molar-refractivity contribution is 6.16. The monoisotopic (exact) mass is 1580 g/mol. The lowest BCUT2D eigenvalue weighted by Gasteiger charge is -2.13. The maximum atomic E-state index is 6.37. The molecule has 0 aliphatic carbocycles. The van der Waals surface area contributed by atoms with E-state index in [-0.39, 0.29) is 0 Å². The molecular formula is C114H72O9. The SMILES string of the molecule is c1ccc2c(c1)oc1c(-c3ccc4c(c3)-c3ccc(-c5cccc6oc7ccccc7c56)cc3COC4)cccc12.c1ccc2c(c1)oc1cc(-c3ccc4c(c3)-c3ccc(-c5cccc6oc7ccccc7c56)cc3COC4)ccc12.c1ccc2c(c1)oc1ccc(-c3ccc4c(c3)-c3ccc(-c5cccc6oc7ccccc7c56)cc3COC4)cc12. The van der Waals surface area contributed by atoms with Crippen LogP contribution in [0.3, 0.4) is 0 Å². The lowest BCUT2D eigenvalue weighted by molar-refractivity contribution is 0.110. The van der Waals surface area contributed by atoms with Crippen LogP contribution in [0.15, 0.2) is 390 Å². The van der Waals surface area contributed by atoms with E-state index in [1.165, 1.54) is 106 Å². The van der Waals surface area contributed by atoms with Gasteiger partial charge in [0.2, 0.25) is 0 Å². The molecule has 24 aromatic rings. The smallest absolute Gasteiger partial charge is 0.143 e. The van der Waals surface area contributed by atoms with Gasteiger partial charge in [-0.05, 0) is 243 Å². The number of furan rings is 6. The average Bonchev–Trinajstić information content (AvgIpc) is 1.68. The van der Waals surface area contributed by atoms with Crippen LogP contribution < -0.4 is 0 Å². The Morgan fingerprint density at radius 2 is 0.423 bits per heavy atom. The highest BCUT2D eigenvalue weighted by atomic mass is 16.5. The molecule has 0 amide bonds. The minimum Gasteiger partial charge on any atom is -0.456 e. The zero-order chi connectivity index (χ0) is 80.7. The molecule has 9 heterocycles. The van der Waals surface area contributed by atoms with Gasteiger partial charge in [-0.1, -0.05) is 249 Å². The van der Waals surface area contributed by atoms with Crippen molar-refractivity contribution in [1.29, 1.82) is 0 Å². The number of hydrogen-bond acceptors (Lipinski definition) is 9. The normalized spacial score (nSPS) is 13.1. The van der Waals surface area contributed by atoms with Gasteiger partial charge in [0.15, 0.2) is 0 Å². The number of benzene rings is 18. The first kappa shape index (κ1) is 70.6. The van der Waals surface area contributed by atoms with E-state index in [9.17, 15) is 0 Å². The molecule has 123 heavy (non-hydrogen) atoms. The third kappa shape index (κ3) is 11.9. The number of rotatable bonds is 6. The van der Waals surface area contributed by atoms with Crippen LogP contribution in [0, 0.1) is 0 Å². The number of ether oxygens (including phenoxy) is 3. The maximum absolute atomic E-state index is 6.37. The first-order chi connectivity index (χ1) is 60.9. The molecule has 0 N–H and O–H groups in total. The predicted molar refractivity (Wildman–Crippen MR) is 497 cm³/mol. The number of para-hydroxylation sites is 7. The topological polar surface area (TPSA) is 107 Å². The summed E-state index contributed by atoms with van der Waals surface area (Å²) in [4.78, 5) is 0. The van der Waals surface area contributed by atoms with E-state index in [1.54, 1.807) is 0 Å². The molecule has 3 aliphatic rings. The Morgan fingerprint density at radius 3 is 0.894 bits per heavy atom. The maximum Gasteiger partial charge on any atom is 0.143 e. The van der Waals surface area contributed by atoms with E-state index in [0.717, 1.165) is 159 Å². The number of hydrogen-bond donors (Lipinski definition) is 0. The van der Waals surface area contributed by atoms with Crippen LogP contribution in [0.1, 0.15) is 33.4 Å². The van der Waals surface area contributed by atoms with Crippen LogP contribution in [0.4, 0.5) is 0 Å². The van der Waals surface area contributed by atoms with Gasteiger partial charge in [0, 0.05) is 70.2 Å². The van der Waals surface area contributed by atoms with Crippen LogP contribution >= 0.6 is 0 Å². The molecule has 18 aromatic carbocycles. The van der Waals surface area contributed by atoms with Gasteiger partial charge < -0.3 is 40.7 Å². The third-order valence-electron chi connectivity index (χ3n) is 25.3. The summed E-state index contributed by atoms with van der Waals surface area (Å²) in [7, 11) is 0. The van der Waals surface area contributed by atoms with Gasteiger partial charge in [0.1, 0.15) is 67.0 Å². The summed E-state index contributed by atoms with van der Waals surface area (Å²) >= 11 is 0. The fourth-order valence-electron chi connectivity index (χ4n) is 19.5. The third-order valence-corrected chi connectivity index (χ3v) is 25.3. The van der Waals surface area contributed by atoms with Gasteiger partial charge in [-0.2, -0.15) is 0 Å². The zero-order valence-corrected chi connectivity index (χ0v) is 66.6. The molecule has 0 bridgehead atoms. The summed E-state index contributed by atoms with van der Waals surface area (Å²) in [6, 6.07) is 128. The summed E-state index contributed by atoms with van der Waals surface area (Å²) in [5.41, 5.74) is 39.4. The molecule has 3 aliphatic heterocycles. The van der Waals surface area contributed by atoms with Crippen molar-refractivity contribution in [3.05, 3.63) is 397 Å². The highest BCUT2D eigenvalue weighted by Gasteiger charge is 2.26. The lowest BCUT2D eigenvalue weighted by Crippen LogP contribution is -1.91. The predicted octanol–water partition coefficient (Wildman–Crippen LogP) is 31.5. The zero-order valence-electron chi connectivity index (χ0n) is 66.6. The second-order valence-corrected chi connectivity index (χ2v) is 32.4. The summed E-state index contributed by atoms with van der Waals surface area (Å²) < 4.78 is 55.7. The Morgan fingerprint density at radius 1 is 0.138 bits per heavy atom. The number of fused-ring (bicyclic) bond motifs is 27. The Labute approximate surface area is 705 Å². The average molecular weight is 1590 g/mol. The first-order valence-corrected chi connectivity index (χ1v) is 41.9. The van der Waals surface area contributed by atoms with E-state index >= 15 is 0 Å². The van der Waals surface area contributed by atoms with Crippen molar-refractivity contribution in [3.8, 4) is 100 Å². The largest absolute Gasteiger partial charge is 0.456 e. The second-order valence-electron chi connectivity index (χ2n) is 32.4. The van der Waals surface area contributed by atoms with E-state index < -0.39 is 0 Å². The Hall–Kier alpha value is -15.4. The second kappa shape index (κ2) is 28.7. The van der Waals surface area contributed by atoms with Crippen molar-refractivity contribution in [1.82, 2.24) is 0 Å². The molecule has 6 aromatic heterocycles. The van der Waals surface area contributed by atoms with E-state index in [2.05, 4.69) is 273 Å². The molecule has 0 atom stereocenters. The van der Waals surface area contributed by atoms with E-state index in [4.69, 9.17) is 40.7 Å². The minimum absolute atomic E-state index is 0.564. The Bertz CT molecular complexity index is 8440. The van der Waals surface area contributed by atoms with Crippen LogP contribution in [0.25, 0.3) is 232 Å². The van der Waals surface area contributed by atoms with Crippen LogP contribution in [-0.2, 0) is 53.9 Å². The van der Waals surface area contributed by atoms with Gasteiger partial charge in [-0.15, -0.1) is 0 Å². The van der Waals surface area contributed by atoms with Crippen LogP contribution in [-0.4, -0.2) is 0 Å². The molecule has 0 saturated carbocycles. The van der Waals surface area contributed by atoms with Crippen LogP contribution in [0.5, 0.6) is 0 Å². The molecule has 27 rings (SSSR count). The standard InChI is InChI=1S/3C38H24O3/c1-3-12-34-30(7-1)31-11-5-10-29(38(31)41-34)24-15-16-25-21-39-22-26-19-23(17-18-27(26)33(25)20-24)28-9-6-14-36-37(28)32-8-2-4-13-35(32)40-36;1-3-9-34-30(6-1)31-17-14-24(20-37(31)41-34)23-12-13-26-21-39-22-27-18-25(15-16-28(27)33(26)19-23)29-8-5-11-36-38(29)32-7-2-4-10-35(32)40-36;1-3-9-34-30(6-1)33-20-24(15-17-36(33)40-34)23-12-13-26-21-39-22-27-18-25(14-16-28(27)32(26)19-23)29-8-5-11-37-38(29)31-7-2-4-10-35(31)41-37/h3*1-20H,21-22H2. The highest BCUT2D eigenvalue weighted by Crippen LogP contribution is 2.48. The van der Waals surface area contributed by atoms with E-state index in [0.29, 0.717) is 39.6 Å². The fourth-order valence-corrected chi connectivity index (χ4v) is 19.5. The molecule has 0 unspecified atom stereocenters. The first-order valence-electron chi connectivity index (χ1n) is 41.9. The lowest BCUT2D eigenvalue weighted by atomic mass is 9.90. The summed E-state index contributed by atoms with van der Waals surface area (Å²) in [5, 5.41) is 13.7. The van der Waals surface area contributed by atoms with Gasteiger partial charge in [-0.3, -0.25) is 0 Å². The van der Waals surface area contributed by atoms with Crippen molar-refractivity contribution in [2.45, 2.75) is 39.6 Å². The van der Waals surface area contributed by atoms with Crippen molar-refractivity contribution in [3.63, 3.8) is 0 Å². The Balaban J connectivity index is 0.000000101. The molecule has 9 nitrogen and oxygen atoms in total. The van der Waals surface area contributed by atoms with Crippen molar-refractivity contribution >= 4 is 132 Å². The summed E-state index contributed by atoms with van der Waals surface area (Å²) in [6.07, 6.45) is 0. The molecule has 0 radical (unpaired) electrons. The van der Waals surface area contributed by atoms with Crippen molar-refractivity contribution in [2.24, 2.45) is 0 Å². The van der Waals surface area contributed by atoms with Gasteiger partial charge in [0.05, 0.1) is 39.6 Å². The van der Waals surface area contributed by atoms with Crippen molar-refractivity contribution in [2.75, 3.05) is 0 Å². The molecule has 582 valence electrons. The van der Waals surface area contributed by atoms with E-state index in [1.807, 2.05) is 91.0 Å². The van der Waals surface area contributed by atoms with Crippen LogP contribution in [0.2, 0.25) is 0 Å². The summed E-state index contributed by atoms with van der Waals surface area (Å²) in [6.45, 7) is 3.46. The van der Waals surface area contributed by atoms with Gasteiger partial charge in [0.25, 0.3) is 0 Å². The minimum atomic E-state index is 0.564. The Kier molecular flexibility index (Phi) is 16.5. The fraction of sp³-hybridized carbons (Fsp3) is 0.0526. The molecule has 0 saturated heterocycles. The quantitative estimate of drug-likeness (QED) is 0.161. The van der Waals surface area contributed by atoms with Gasteiger partial charge >= 0.3 is 0 Å². The molecule has 0 spiro atoms.